The van der Waals surface area contributed by atoms with Gasteiger partial charge in [-0.05, 0) is 61.1 Å². The van der Waals surface area contributed by atoms with Gasteiger partial charge in [0.05, 0.1) is 13.2 Å². The van der Waals surface area contributed by atoms with Gasteiger partial charge in [0, 0.05) is 0 Å². The molecule has 2 aromatic rings. The summed E-state index contributed by atoms with van der Waals surface area (Å²) in [4.78, 5) is 12.8. The van der Waals surface area contributed by atoms with Crippen molar-refractivity contribution in [1.82, 2.24) is 5.32 Å². The minimum atomic E-state index is -0.508. The Kier molecular flexibility index (Phi) is 7.71. The van der Waals surface area contributed by atoms with Crippen LogP contribution in [-0.4, -0.2) is 19.1 Å². The Morgan fingerprint density at radius 3 is 2.26 bits per heavy atom. The molecule has 27 heavy (non-hydrogen) atoms. The van der Waals surface area contributed by atoms with E-state index < -0.39 is 6.10 Å². The number of benzene rings is 2. The number of carbonyl (C=O) groups is 1. The number of methoxy groups -OCH3 is 1. The Bertz CT molecular complexity index is 740. The van der Waals surface area contributed by atoms with Gasteiger partial charge in [0.15, 0.2) is 6.10 Å². The number of hydrogen-bond donors (Lipinski definition) is 1. The van der Waals surface area contributed by atoms with Crippen LogP contribution in [0.1, 0.15) is 56.3 Å². The Labute approximate surface area is 162 Å². The van der Waals surface area contributed by atoms with E-state index in [2.05, 4.69) is 25.2 Å². The lowest BCUT2D eigenvalue weighted by molar-refractivity contribution is -0.128. The van der Waals surface area contributed by atoms with Gasteiger partial charge in [-0.2, -0.15) is 0 Å². The second-order valence-electron chi connectivity index (χ2n) is 6.71. The third-order valence-electron chi connectivity index (χ3n) is 4.82. The molecule has 2 unspecified atom stereocenters. The van der Waals surface area contributed by atoms with Crippen LogP contribution in [0.15, 0.2) is 42.5 Å². The maximum atomic E-state index is 12.8. The quantitative estimate of drug-likeness (QED) is 0.677. The van der Waals surface area contributed by atoms with Crippen LogP contribution in [0.4, 0.5) is 0 Å². The zero-order valence-electron chi connectivity index (χ0n) is 17.0. The molecule has 0 spiro atoms. The van der Waals surface area contributed by atoms with Crippen LogP contribution < -0.4 is 14.8 Å². The zero-order valence-corrected chi connectivity index (χ0v) is 17.0. The molecule has 0 fully saturated rings. The van der Waals surface area contributed by atoms with Crippen LogP contribution in [0.25, 0.3) is 0 Å². The summed E-state index contributed by atoms with van der Waals surface area (Å²) in [5, 5.41) is 3.14. The average Bonchev–Trinajstić information content (AvgIpc) is 2.70. The van der Waals surface area contributed by atoms with Crippen LogP contribution in [0.5, 0.6) is 11.5 Å². The van der Waals surface area contributed by atoms with Crippen molar-refractivity contribution in [3.8, 4) is 11.5 Å². The normalized spacial score (nSPS) is 12.9. The summed E-state index contributed by atoms with van der Waals surface area (Å²) in [6.45, 7) is 8.15. The van der Waals surface area contributed by atoms with Crippen molar-refractivity contribution in [2.45, 2.75) is 59.1 Å². The zero-order chi connectivity index (χ0) is 19.8. The Morgan fingerprint density at radius 2 is 1.74 bits per heavy atom. The number of aryl methyl sites for hydroxylation is 2. The number of ether oxygens (including phenoxy) is 2. The fourth-order valence-corrected chi connectivity index (χ4v) is 3.09. The number of amides is 1. The van der Waals surface area contributed by atoms with E-state index in [9.17, 15) is 4.79 Å². The van der Waals surface area contributed by atoms with E-state index in [1.54, 1.807) is 7.11 Å². The third kappa shape index (κ3) is 5.49. The minimum Gasteiger partial charge on any atom is -0.496 e. The van der Waals surface area contributed by atoms with Crippen molar-refractivity contribution in [1.29, 1.82) is 0 Å². The molecule has 0 aliphatic rings. The Hall–Kier alpha value is -2.49. The molecule has 2 rings (SSSR count). The van der Waals surface area contributed by atoms with Crippen molar-refractivity contribution in [2.24, 2.45) is 0 Å². The number of carbonyl (C=O) groups excluding carboxylic acids is 1. The number of nitrogens with one attached hydrogen (secondary N) is 1. The molecule has 4 heteroatoms. The molecular formula is C23H31NO3. The summed E-state index contributed by atoms with van der Waals surface area (Å²) in [6, 6.07) is 13.9. The van der Waals surface area contributed by atoms with Crippen LogP contribution in [-0.2, 0) is 11.2 Å². The maximum absolute atomic E-state index is 12.8. The Morgan fingerprint density at radius 1 is 1.04 bits per heavy atom. The van der Waals surface area contributed by atoms with E-state index in [-0.39, 0.29) is 11.9 Å². The van der Waals surface area contributed by atoms with Crippen LogP contribution in [0.3, 0.4) is 0 Å². The van der Waals surface area contributed by atoms with E-state index in [1.165, 1.54) is 5.56 Å². The standard InChI is InChI=1S/C23H31NO3/c1-6-17-9-12-19(13-10-17)27-21(8-3)23(25)24-20(7-2)18-11-14-22(26-5)16(4)15-18/h9-15,20-21H,6-8H2,1-5H3,(H,24,25). The number of hydrogen-bond acceptors (Lipinski definition) is 3. The summed E-state index contributed by atoms with van der Waals surface area (Å²) in [6.07, 6.45) is 1.89. The smallest absolute Gasteiger partial charge is 0.261 e. The molecule has 146 valence electrons. The highest BCUT2D eigenvalue weighted by molar-refractivity contribution is 5.81. The fourth-order valence-electron chi connectivity index (χ4n) is 3.09. The van der Waals surface area contributed by atoms with Crippen molar-refractivity contribution in [2.75, 3.05) is 7.11 Å². The van der Waals surface area contributed by atoms with Crippen LogP contribution in [0, 0.1) is 6.92 Å². The summed E-state index contributed by atoms with van der Waals surface area (Å²) in [5.74, 6) is 1.49. The second-order valence-corrected chi connectivity index (χ2v) is 6.71. The molecule has 0 aliphatic carbocycles. The third-order valence-corrected chi connectivity index (χ3v) is 4.82. The van der Waals surface area contributed by atoms with E-state index in [1.807, 2.05) is 50.2 Å². The molecule has 4 nitrogen and oxygen atoms in total. The van der Waals surface area contributed by atoms with E-state index in [0.29, 0.717) is 6.42 Å². The first-order valence-corrected chi connectivity index (χ1v) is 9.72. The van der Waals surface area contributed by atoms with E-state index >= 15 is 0 Å². The van der Waals surface area contributed by atoms with Crippen LogP contribution >= 0.6 is 0 Å². The second kappa shape index (κ2) is 10.0. The largest absolute Gasteiger partial charge is 0.496 e. The maximum Gasteiger partial charge on any atom is 0.261 e. The molecule has 0 radical (unpaired) electrons. The lowest BCUT2D eigenvalue weighted by Crippen LogP contribution is -2.40. The lowest BCUT2D eigenvalue weighted by atomic mass is 10.0. The average molecular weight is 370 g/mol. The topological polar surface area (TPSA) is 47.6 Å². The molecule has 0 saturated heterocycles. The van der Waals surface area contributed by atoms with Gasteiger partial charge in [0.1, 0.15) is 11.5 Å². The molecular weight excluding hydrogens is 338 g/mol. The SMILES string of the molecule is CCc1ccc(OC(CC)C(=O)NC(CC)c2ccc(OC)c(C)c2)cc1. The summed E-state index contributed by atoms with van der Waals surface area (Å²) >= 11 is 0. The predicted molar refractivity (Wildman–Crippen MR) is 109 cm³/mol. The summed E-state index contributed by atoms with van der Waals surface area (Å²) < 4.78 is 11.3. The molecule has 1 N–H and O–H groups in total. The van der Waals surface area contributed by atoms with Gasteiger partial charge in [-0.3, -0.25) is 4.79 Å². The first kappa shape index (κ1) is 20.8. The Balaban J connectivity index is 2.07. The van der Waals surface area contributed by atoms with Gasteiger partial charge >= 0.3 is 0 Å². The van der Waals surface area contributed by atoms with Gasteiger partial charge < -0.3 is 14.8 Å². The first-order valence-electron chi connectivity index (χ1n) is 9.72. The van der Waals surface area contributed by atoms with Crippen molar-refractivity contribution in [3.05, 3.63) is 59.2 Å². The molecule has 0 aromatic heterocycles. The lowest BCUT2D eigenvalue weighted by Gasteiger charge is -2.23. The molecule has 0 bridgehead atoms. The molecule has 0 saturated carbocycles. The minimum absolute atomic E-state index is 0.0535. The monoisotopic (exact) mass is 369 g/mol. The predicted octanol–water partition coefficient (Wildman–Crippen LogP) is 4.99. The van der Waals surface area contributed by atoms with Gasteiger partial charge in [-0.25, -0.2) is 0 Å². The van der Waals surface area contributed by atoms with Gasteiger partial charge in [0.25, 0.3) is 5.91 Å². The molecule has 0 heterocycles. The van der Waals surface area contributed by atoms with Crippen LogP contribution in [0.2, 0.25) is 0 Å². The highest BCUT2D eigenvalue weighted by atomic mass is 16.5. The van der Waals surface area contributed by atoms with Gasteiger partial charge in [-0.1, -0.05) is 45.0 Å². The molecule has 2 aromatic carbocycles. The molecule has 0 aliphatic heterocycles. The molecule has 1 amide bonds. The summed E-state index contributed by atoms with van der Waals surface area (Å²) in [7, 11) is 1.66. The van der Waals surface area contributed by atoms with E-state index in [4.69, 9.17) is 9.47 Å². The summed E-state index contributed by atoms with van der Waals surface area (Å²) in [5.41, 5.74) is 3.38. The van der Waals surface area contributed by atoms with Crippen molar-refractivity contribution < 1.29 is 14.3 Å². The number of rotatable bonds is 9. The van der Waals surface area contributed by atoms with E-state index in [0.717, 1.165) is 35.5 Å². The highest BCUT2D eigenvalue weighted by Crippen LogP contribution is 2.24. The highest BCUT2D eigenvalue weighted by Gasteiger charge is 2.22. The molecule has 2 atom stereocenters. The fraction of sp³-hybridized carbons (Fsp3) is 0.435. The van der Waals surface area contributed by atoms with Gasteiger partial charge in [-0.15, -0.1) is 0 Å². The van der Waals surface area contributed by atoms with Crippen molar-refractivity contribution in [3.63, 3.8) is 0 Å². The van der Waals surface area contributed by atoms with Gasteiger partial charge in [0.2, 0.25) is 0 Å². The van der Waals surface area contributed by atoms with Crippen molar-refractivity contribution >= 4 is 5.91 Å². The first-order chi connectivity index (χ1) is 13.0.